The van der Waals surface area contributed by atoms with Gasteiger partial charge in [0.1, 0.15) is 11.4 Å². The molecule has 2 amide bonds. The highest BCUT2D eigenvalue weighted by Gasteiger charge is 2.52. The van der Waals surface area contributed by atoms with Gasteiger partial charge in [-0.1, -0.05) is 6.92 Å². The summed E-state index contributed by atoms with van der Waals surface area (Å²) in [6.45, 7) is 5.08. The molecule has 98 valence electrons. The van der Waals surface area contributed by atoms with Crippen LogP contribution in [0.5, 0.6) is 0 Å². The molecular weight excluding hydrogens is 252 g/mol. The number of rotatable bonds is 3. The van der Waals surface area contributed by atoms with Crippen LogP contribution in [0.25, 0.3) is 0 Å². The highest BCUT2D eigenvalue weighted by molar-refractivity contribution is 8.00. The minimum atomic E-state index is -0.482. The number of hydrogen-bond acceptors (Lipinski definition) is 4. The van der Waals surface area contributed by atoms with E-state index < -0.39 is 6.04 Å². The Balaban J connectivity index is 2.18. The Bertz CT molecular complexity index is 458. The number of nitrogens with zero attached hydrogens (tertiary/aromatic N) is 1. The Kier molecular flexibility index (Phi) is 3.47. The van der Waals surface area contributed by atoms with Crippen molar-refractivity contribution < 1.29 is 14.4 Å². The second-order valence-corrected chi connectivity index (χ2v) is 5.60. The van der Waals surface area contributed by atoms with E-state index in [1.54, 1.807) is 18.7 Å². The largest absolute Gasteiger partial charge is 0.342 e. The molecule has 2 aliphatic heterocycles. The van der Waals surface area contributed by atoms with E-state index in [0.717, 1.165) is 11.3 Å². The first kappa shape index (κ1) is 13.1. The summed E-state index contributed by atoms with van der Waals surface area (Å²) < 4.78 is 0. The summed E-state index contributed by atoms with van der Waals surface area (Å²) in [6.07, 6.45) is 0.357. The van der Waals surface area contributed by atoms with Crippen molar-refractivity contribution in [3.63, 3.8) is 0 Å². The van der Waals surface area contributed by atoms with Crippen LogP contribution in [0.15, 0.2) is 11.3 Å². The lowest BCUT2D eigenvalue weighted by Crippen LogP contribution is -2.70. The Labute approximate surface area is 110 Å². The molecule has 0 saturated carbocycles. The van der Waals surface area contributed by atoms with Crippen molar-refractivity contribution >= 4 is 29.4 Å². The number of hydrogen-bond donors (Lipinski definition) is 1. The third-order valence-electron chi connectivity index (χ3n) is 3.13. The van der Waals surface area contributed by atoms with Gasteiger partial charge < -0.3 is 5.32 Å². The molecule has 5 nitrogen and oxygen atoms in total. The number of allylic oxidation sites excluding steroid dienone is 1. The lowest BCUT2D eigenvalue weighted by molar-refractivity contribution is -0.147. The summed E-state index contributed by atoms with van der Waals surface area (Å²) >= 11 is 1.59. The zero-order valence-electron chi connectivity index (χ0n) is 10.6. The van der Waals surface area contributed by atoms with Crippen LogP contribution in [-0.2, 0) is 14.4 Å². The lowest BCUT2D eigenvalue weighted by atomic mass is 10.0. The smallest absolute Gasteiger partial charge is 0.253 e. The summed E-state index contributed by atoms with van der Waals surface area (Å²) in [5, 5.41) is 2.58. The Morgan fingerprint density at radius 2 is 2.17 bits per heavy atom. The van der Waals surface area contributed by atoms with Gasteiger partial charge in [0.25, 0.3) is 5.91 Å². The quantitative estimate of drug-likeness (QED) is 0.764. The summed E-state index contributed by atoms with van der Waals surface area (Å²) in [7, 11) is 0. The maximum Gasteiger partial charge on any atom is 0.253 e. The van der Waals surface area contributed by atoms with E-state index >= 15 is 0 Å². The number of carbonyl (C=O) groups excluding carboxylic acids is 3. The van der Waals surface area contributed by atoms with E-state index in [1.807, 2.05) is 6.92 Å². The zero-order valence-corrected chi connectivity index (χ0v) is 11.5. The fraction of sp³-hybridized carbons (Fsp3) is 0.583. The first-order valence-electron chi connectivity index (χ1n) is 5.92. The van der Waals surface area contributed by atoms with Crippen LogP contribution < -0.4 is 5.32 Å². The van der Waals surface area contributed by atoms with Crippen molar-refractivity contribution in [1.82, 2.24) is 10.2 Å². The number of Topliss-reactive ketones (excluding diaryl/α,β-unsaturated/α-hetero) is 1. The maximum absolute atomic E-state index is 12.0. The highest BCUT2D eigenvalue weighted by atomic mass is 32.2. The third-order valence-corrected chi connectivity index (χ3v) is 4.55. The second kappa shape index (κ2) is 4.76. The van der Waals surface area contributed by atoms with Crippen molar-refractivity contribution in [3.05, 3.63) is 11.3 Å². The van der Waals surface area contributed by atoms with Gasteiger partial charge in [0, 0.05) is 19.1 Å². The van der Waals surface area contributed by atoms with E-state index in [-0.39, 0.29) is 23.0 Å². The second-order valence-electron chi connectivity index (χ2n) is 4.49. The van der Waals surface area contributed by atoms with Gasteiger partial charge in [-0.15, -0.1) is 11.8 Å². The molecule has 6 heteroatoms. The van der Waals surface area contributed by atoms with E-state index in [0.29, 0.717) is 12.1 Å². The number of ketones is 1. The Morgan fingerprint density at radius 3 is 2.72 bits per heavy atom. The predicted molar refractivity (Wildman–Crippen MR) is 68.7 cm³/mol. The fourth-order valence-electron chi connectivity index (χ4n) is 2.24. The molecule has 0 spiro atoms. The predicted octanol–water partition coefficient (Wildman–Crippen LogP) is 0.659. The summed E-state index contributed by atoms with van der Waals surface area (Å²) in [5.74, 6) is 0.316. The van der Waals surface area contributed by atoms with Crippen LogP contribution in [-0.4, -0.2) is 39.7 Å². The fourth-order valence-corrected chi connectivity index (χ4v) is 3.53. The van der Waals surface area contributed by atoms with Gasteiger partial charge in [0.2, 0.25) is 5.91 Å². The molecule has 0 radical (unpaired) electrons. The molecule has 18 heavy (non-hydrogen) atoms. The average molecular weight is 268 g/mol. The van der Waals surface area contributed by atoms with Crippen molar-refractivity contribution in [2.24, 2.45) is 0 Å². The molecule has 0 aliphatic carbocycles. The van der Waals surface area contributed by atoms with E-state index in [1.165, 1.54) is 11.8 Å². The molecule has 1 saturated heterocycles. The third kappa shape index (κ3) is 1.94. The van der Waals surface area contributed by atoms with Crippen LogP contribution >= 0.6 is 11.8 Å². The number of thioether (sulfide) groups is 1. The van der Waals surface area contributed by atoms with E-state index in [9.17, 15) is 14.4 Å². The topological polar surface area (TPSA) is 66.5 Å². The highest BCUT2D eigenvalue weighted by Crippen LogP contribution is 2.40. The molecule has 0 aromatic heterocycles. The lowest BCUT2D eigenvalue weighted by Gasteiger charge is -2.49. The van der Waals surface area contributed by atoms with Gasteiger partial charge in [0.15, 0.2) is 5.78 Å². The Hall–Kier alpha value is -1.30. The average Bonchev–Trinajstić information content (AvgIpc) is 2.34. The van der Waals surface area contributed by atoms with Crippen molar-refractivity contribution in [2.45, 2.75) is 38.6 Å². The van der Waals surface area contributed by atoms with Crippen molar-refractivity contribution in [3.8, 4) is 0 Å². The summed E-state index contributed by atoms with van der Waals surface area (Å²) in [4.78, 5) is 36.5. The molecule has 2 rings (SSSR count). The maximum atomic E-state index is 12.0. The molecule has 0 aromatic rings. The van der Waals surface area contributed by atoms with E-state index in [4.69, 9.17) is 0 Å². The van der Waals surface area contributed by atoms with Crippen LogP contribution in [0.1, 0.15) is 27.2 Å². The van der Waals surface area contributed by atoms with Crippen LogP contribution in [0.2, 0.25) is 0 Å². The van der Waals surface area contributed by atoms with Gasteiger partial charge >= 0.3 is 0 Å². The molecule has 2 atom stereocenters. The molecule has 0 bridgehead atoms. The Morgan fingerprint density at radius 1 is 1.50 bits per heavy atom. The number of fused-ring (bicyclic) bond motifs is 1. The van der Waals surface area contributed by atoms with Crippen LogP contribution in [0, 0.1) is 0 Å². The standard InChI is InChI=1S/C12H16N2O3S/c1-4-8(16)13-9-11(17)14-10(7(3)15)6(2)5-18-12(9)14/h9,12H,4-5H2,1-3H3,(H,13,16)/t9?,12-/m1/s1. The number of carbonyl (C=O) groups is 3. The normalized spacial score (nSPS) is 26.6. The number of amides is 2. The SMILES string of the molecule is CCC(=O)NC1C(=O)N2C(C(C)=O)=C(C)CS[C@H]12. The summed E-state index contributed by atoms with van der Waals surface area (Å²) in [5.41, 5.74) is 1.43. The van der Waals surface area contributed by atoms with Crippen LogP contribution in [0.3, 0.4) is 0 Å². The summed E-state index contributed by atoms with van der Waals surface area (Å²) in [6, 6.07) is -0.482. The first-order valence-corrected chi connectivity index (χ1v) is 6.97. The molecule has 1 fully saturated rings. The minimum absolute atomic E-state index is 0.0913. The number of β-lactam (4-membered cyclic amide) rings is 1. The molecule has 1 N–H and O–H groups in total. The van der Waals surface area contributed by atoms with Crippen LogP contribution in [0.4, 0.5) is 0 Å². The van der Waals surface area contributed by atoms with Gasteiger partial charge in [-0.3, -0.25) is 19.3 Å². The van der Waals surface area contributed by atoms with E-state index in [2.05, 4.69) is 5.32 Å². The van der Waals surface area contributed by atoms with Crippen molar-refractivity contribution in [2.75, 3.05) is 5.75 Å². The van der Waals surface area contributed by atoms with Gasteiger partial charge in [-0.25, -0.2) is 0 Å². The monoisotopic (exact) mass is 268 g/mol. The first-order chi connectivity index (χ1) is 8.47. The van der Waals surface area contributed by atoms with Gasteiger partial charge in [-0.05, 0) is 12.5 Å². The van der Waals surface area contributed by atoms with Crippen molar-refractivity contribution in [1.29, 1.82) is 0 Å². The van der Waals surface area contributed by atoms with Gasteiger partial charge in [0.05, 0.1) is 5.70 Å². The molecule has 2 heterocycles. The molecular formula is C12H16N2O3S. The zero-order chi connectivity index (χ0) is 13.4. The number of nitrogens with one attached hydrogen (secondary N) is 1. The molecule has 2 aliphatic rings. The molecule has 1 unspecified atom stereocenters. The minimum Gasteiger partial charge on any atom is -0.342 e. The molecule has 0 aromatic carbocycles. The van der Waals surface area contributed by atoms with Gasteiger partial charge in [-0.2, -0.15) is 0 Å².